The van der Waals surface area contributed by atoms with Crippen LogP contribution in [0.25, 0.3) is 60.9 Å². The second-order valence-electron chi connectivity index (χ2n) is 20.2. The molecule has 65 heavy (non-hydrogen) atoms. The van der Waals surface area contributed by atoms with Gasteiger partial charge in [-0.2, -0.15) is 0 Å². The number of hydrogen-bond donors (Lipinski definition) is 0. The molecule has 2 aliphatic carbocycles. The Morgan fingerprint density at radius 2 is 0.908 bits per heavy atom. The van der Waals surface area contributed by atoms with E-state index in [0.29, 0.717) is 0 Å². The third-order valence-electron chi connectivity index (χ3n) is 14.3. The van der Waals surface area contributed by atoms with E-state index >= 15 is 0 Å². The van der Waals surface area contributed by atoms with Crippen molar-refractivity contribution in [1.29, 1.82) is 0 Å². The lowest BCUT2D eigenvalue weighted by atomic mass is 9.69. The first-order valence-corrected chi connectivity index (χ1v) is 23.1. The first kappa shape index (κ1) is 39.2. The molecule has 0 bridgehead atoms. The standard InChI is InChI=1S/C63H52N2/c1-61(2,3)42-29-33-50-51-34-30-43(62(4,5)6)38-57(51)63(56(50)37-42)54-27-17-16-25-49(54)52-39-46(31-35-55(52)63)64(44-21-12-8-13-22-44)47-32-36-58-53(40-47)60-48(41-19-10-7-11-20-41)26-18-28-59(60)65(58)45-23-14-9-15-24-45/h7-40H,1-6H3. The van der Waals surface area contributed by atoms with Crippen molar-refractivity contribution in [2.24, 2.45) is 0 Å². The van der Waals surface area contributed by atoms with Crippen molar-refractivity contribution in [1.82, 2.24) is 4.57 Å². The molecule has 2 heteroatoms. The van der Waals surface area contributed by atoms with Crippen molar-refractivity contribution < 1.29 is 0 Å². The highest BCUT2D eigenvalue weighted by Crippen LogP contribution is 2.64. The van der Waals surface area contributed by atoms with E-state index in [4.69, 9.17) is 0 Å². The number of rotatable bonds is 5. The number of hydrogen-bond acceptors (Lipinski definition) is 1. The molecule has 10 aromatic rings. The lowest BCUT2D eigenvalue weighted by Gasteiger charge is -2.33. The summed E-state index contributed by atoms with van der Waals surface area (Å²) in [6.07, 6.45) is 0. The monoisotopic (exact) mass is 836 g/mol. The van der Waals surface area contributed by atoms with E-state index in [-0.39, 0.29) is 10.8 Å². The first-order chi connectivity index (χ1) is 31.5. The molecule has 0 aliphatic heterocycles. The van der Waals surface area contributed by atoms with Crippen molar-refractivity contribution in [3.8, 4) is 39.1 Å². The minimum Gasteiger partial charge on any atom is -0.310 e. The van der Waals surface area contributed by atoms with Crippen molar-refractivity contribution in [3.05, 3.63) is 240 Å². The number of aromatic nitrogens is 1. The zero-order valence-corrected chi connectivity index (χ0v) is 38.0. The fraction of sp³-hybridized carbons (Fsp3) is 0.143. The van der Waals surface area contributed by atoms with E-state index in [0.717, 1.165) is 22.7 Å². The van der Waals surface area contributed by atoms with Gasteiger partial charge in [-0.1, -0.05) is 187 Å². The van der Waals surface area contributed by atoms with Crippen molar-refractivity contribution >= 4 is 38.9 Å². The van der Waals surface area contributed by atoms with Gasteiger partial charge in [0.2, 0.25) is 0 Å². The number of anilines is 3. The van der Waals surface area contributed by atoms with Crippen LogP contribution in [0.2, 0.25) is 0 Å². The van der Waals surface area contributed by atoms with Crippen molar-refractivity contribution in [2.75, 3.05) is 4.90 Å². The van der Waals surface area contributed by atoms with Gasteiger partial charge >= 0.3 is 0 Å². The summed E-state index contributed by atoms with van der Waals surface area (Å²) < 4.78 is 2.42. The van der Waals surface area contributed by atoms with Crippen LogP contribution in [0.1, 0.15) is 74.9 Å². The van der Waals surface area contributed by atoms with Crippen molar-refractivity contribution in [3.63, 3.8) is 0 Å². The Morgan fingerprint density at radius 1 is 0.369 bits per heavy atom. The molecule has 12 rings (SSSR count). The summed E-state index contributed by atoms with van der Waals surface area (Å²) >= 11 is 0. The molecule has 0 fully saturated rings. The maximum absolute atomic E-state index is 2.53. The molecule has 1 aromatic heterocycles. The zero-order chi connectivity index (χ0) is 44.2. The molecule has 0 atom stereocenters. The van der Waals surface area contributed by atoms with Gasteiger partial charge in [0, 0.05) is 33.5 Å². The fourth-order valence-electron chi connectivity index (χ4n) is 11.2. The Bertz CT molecular complexity index is 3420. The SMILES string of the molecule is CC(C)(C)c1ccc2c(c1)C1(c3ccccc3-c3cc(N(c4ccccc4)c4ccc5c(c4)c4c(-c6ccccc6)cccc4n5-c4ccccc4)ccc31)c1cc(C(C)(C)C)ccc1-2. The topological polar surface area (TPSA) is 8.17 Å². The molecular weight excluding hydrogens is 785 g/mol. The van der Waals surface area contributed by atoms with E-state index < -0.39 is 5.41 Å². The van der Waals surface area contributed by atoms with E-state index in [1.807, 2.05) is 0 Å². The van der Waals surface area contributed by atoms with Gasteiger partial charge in [-0.05, 0) is 138 Å². The zero-order valence-electron chi connectivity index (χ0n) is 38.0. The second kappa shape index (κ2) is 14.3. The van der Waals surface area contributed by atoms with Crippen molar-refractivity contribution in [2.45, 2.75) is 57.8 Å². The van der Waals surface area contributed by atoms with Crippen LogP contribution in [-0.2, 0) is 16.2 Å². The fourth-order valence-corrected chi connectivity index (χ4v) is 11.2. The van der Waals surface area contributed by atoms with Crippen LogP contribution in [0.15, 0.2) is 206 Å². The summed E-state index contributed by atoms with van der Waals surface area (Å²) in [5.74, 6) is 0. The molecule has 314 valence electrons. The normalized spacial score (nSPS) is 13.5. The summed E-state index contributed by atoms with van der Waals surface area (Å²) in [4.78, 5) is 2.45. The van der Waals surface area contributed by atoms with Gasteiger partial charge in [-0.3, -0.25) is 0 Å². The average molecular weight is 837 g/mol. The summed E-state index contributed by atoms with van der Waals surface area (Å²) in [5.41, 5.74) is 22.3. The predicted molar refractivity (Wildman–Crippen MR) is 275 cm³/mol. The van der Waals surface area contributed by atoms with Crippen LogP contribution >= 0.6 is 0 Å². The average Bonchev–Trinajstić information content (AvgIpc) is 3.93. The van der Waals surface area contributed by atoms with Gasteiger partial charge in [0.25, 0.3) is 0 Å². The minimum absolute atomic E-state index is 0.00107. The Hall–Kier alpha value is -7.42. The lowest BCUT2D eigenvalue weighted by molar-refractivity contribution is 0.586. The molecule has 0 radical (unpaired) electrons. The number of benzene rings is 9. The summed E-state index contributed by atoms with van der Waals surface area (Å²) in [6.45, 7) is 14.0. The van der Waals surface area contributed by atoms with Gasteiger partial charge in [0.15, 0.2) is 0 Å². The molecule has 1 heterocycles. The predicted octanol–water partition coefficient (Wildman–Crippen LogP) is 16.9. The molecule has 9 aromatic carbocycles. The molecule has 2 nitrogen and oxygen atoms in total. The van der Waals surface area contributed by atoms with Gasteiger partial charge in [-0.15, -0.1) is 0 Å². The number of nitrogens with zero attached hydrogens (tertiary/aromatic N) is 2. The summed E-state index contributed by atoms with van der Waals surface area (Å²) in [6, 6.07) is 77.4. The first-order valence-electron chi connectivity index (χ1n) is 23.1. The van der Waals surface area contributed by atoms with Gasteiger partial charge in [0.05, 0.1) is 16.4 Å². The Balaban J connectivity index is 1.11. The largest absolute Gasteiger partial charge is 0.310 e. The van der Waals surface area contributed by atoms with Gasteiger partial charge in [-0.25, -0.2) is 0 Å². The lowest BCUT2D eigenvalue weighted by Crippen LogP contribution is -2.27. The molecule has 0 amide bonds. The highest BCUT2D eigenvalue weighted by atomic mass is 15.1. The van der Waals surface area contributed by atoms with Crippen LogP contribution in [0.5, 0.6) is 0 Å². The maximum Gasteiger partial charge on any atom is 0.0725 e. The molecule has 2 aliphatic rings. The van der Waals surface area contributed by atoms with E-state index in [2.05, 4.69) is 257 Å². The van der Waals surface area contributed by atoms with Crippen LogP contribution in [0.3, 0.4) is 0 Å². The molecular formula is C63H52N2. The maximum atomic E-state index is 2.53. The molecule has 0 saturated heterocycles. The van der Waals surface area contributed by atoms with Crippen LogP contribution < -0.4 is 4.90 Å². The Morgan fingerprint density at radius 3 is 1.57 bits per heavy atom. The number of para-hydroxylation sites is 2. The van der Waals surface area contributed by atoms with Gasteiger partial charge < -0.3 is 9.47 Å². The summed E-state index contributed by atoms with van der Waals surface area (Å²) in [5, 5.41) is 2.47. The van der Waals surface area contributed by atoms with Crippen LogP contribution in [-0.4, -0.2) is 4.57 Å². The number of fused-ring (bicyclic) bond motifs is 13. The molecule has 0 unspecified atom stereocenters. The highest BCUT2D eigenvalue weighted by molar-refractivity contribution is 6.17. The van der Waals surface area contributed by atoms with Crippen LogP contribution in [0, 0.1) is 0 Å². The van der Waals surface area contributed by atoms with Crippen LogP contribution in [0.4, 0.5) is 17.1 Å². The Kier molecular flexibility index (Phi) is 8.62. The molecule has 0 saturated carbocycles. The minimum atomic E-state index is -0.457. The molecule has 1 spiro atoms. The third-order valence-corrected chi connectivity index (χ3v) is 14.3. The Labute approximate surface area is 383 Å². The van der Waals surface area contributed by atoms with E-state index in [1.54, 1.807) is 0 Å². The highest BCUT2D eigenvalue weighted by Gasteiger charge is 2.52. The van der Waals surface area contributed by atoms with E-state index in [1.165, 1.54) is 88.6 Å². The third kappa shape index (κ3) is 5.86. The second-order valence-corrected chi connectivity index (χ2v) is 20.2. The smallest absolute Gasteiger partial charge is 0.0725 e. The summed E-state index contributed by atoms with van der Waals surface area (Å²) in [7, 11) is 0. The van der Waals surface area contributed by atoms with E-state index in [9.17, 15) is 0 Å². The van der Waals surface area contributed by atoms with Gasteiger partial charge in [0.1, 0.15) is 0 Å². The quantitative estimate of drug-likeness (QED) is 0.168. The molecule has 0 N–H and O–H groups in total.